The van der Waals surface area contributed by atoms with E-state index in [9.17, 15) is 14.4 Å². The fourth-order valence-electron chi connectivity index (χ4n) is 3.93. The highest BCUT2D eigenvalue weighted by molar-refractivity contribution is 5.97. The van der Waals surface area contributed by atoms with E-state index in [1.54, 1.807) is 6.07 Å². The number of benzene rings is 1. The Labute approximate surface area is 179 Å². The number of aryl methyl sites for hydroxylation is 1. The first-order valence-corrected chi connectivity index (χ1v) is 11.2. The Hall–Kier alpha value is -2.37. The molecule has 1 saturated heterocycles. The second kappa shape index (κ2) is 9.63. The predicted octanol–water partition coefficient (Wildman–Crippen LogP) is 2.90. The molecule has 0 bridgehead atoms. The van der Waals surface area contributed by atoms with Gasteiger partial charge in [0.1, 0.15) is 6.04 Å². The number of carbonyl (C=O) groups is 3. The molecule has 2 atom stereocenters. The van der Waals surface area contributed by atoms with Crippen LogP contribution in [0.1, 0.15) is 62.4 Å². The largest absolute Gasteiger partial charge is 0.352 e. The molecule has 2 fully saturated rings. The molecule has 6 heteroatoms. The molecule has 1 heterocycles. The first-order valence-electron chi connectivity index (χ1n) is 11.2. The summed E-state index contributed by atoms with van der Waals surface area (Å²) in [6, 6.07) is 6.81. The van der Waals surface area contributed by atoms with E-state index in [-0.39, 0.29) is 35.6 Å². The molecule has 0 aromatic heterocycles. The number of likely N-dealkylation sites (tertiary alicyclic amines) is 1. The number of piperidine rings is 1. The van der Waals surface area contributed by atoms with Crippen LogP contribution in [0.2, 0.25) is 0 Å². The third kappa shape index (κ3) is 5.61. The molecule has 0 spiro atoms. The van der Waals surface area contributed by atoms with Crippen LogP contribution in [0.5, 0.6) is 0 Å². The Morgan fingerprint density at radius 2 is 1.67 bits per heavy atom. The van der Waals surface area contributed by atoms with E-state index in [0.717, 1.165) is 31.2 Å². The van der Waals surface area contributed by atoms with Crippen LogP contribution in [-0.2, 0) is 9.59 Å². The third-order valence-electron chi connectivity index (χ3n) is 6.47. The summed E-state index contributed by atoms with van der Waals surface area (Å²) in [5.41, 5.74) is 1.56. The molecular formula is C24H35N3O3. The molecule has 2 aliphatic rings. The zero-order valence-electron chi connectivity index (χ0n) is 18.6. The quantitative estimate of drug-likeness (QED) is 0.721. The molecule has 6 nitrogen and oxygen atoms in total. The van der Waals surface area contributed by atoms with E-state index in [4.69, 9.17) is 0 Å². The Bertz CT molecular complexity index is 780. The van der Waals surface area contributed by atoms with Gasteiger partial charge in [0.05, 0.1) is 0 Å². The molecule has 3 rings (SSSR count). The number of hydrogen-bond acceptors (Lipinski definition) is 3. The molecule has 0 radical (unpaired) electrons. The maximum atomic E-state index is 13.1. The van der Waals surface area contributed by atoms with E-state index in [2.05, 4.69) is 24.5 Å². The lowest BCUT2D eigenvalue weighted by Crippen LogP contribution is -2.55. The van der Waals surface area contributed by atoms with Gasteiger partial charge in [0.2, 0.25) is 11.8 Å². The molecule has 1 aromatic rings. The Balaban J connectivity index is 1.69. The van der Waals surface area contributed by atoms with Crippen LogP contribution >= 0.6 is 0 Å². The van der Waals surface area contributed by atoms with Gasteiger partial charge in [-0.3, -0.25) is 14.4 Å². The lowest BCUT2D eigenvalue weighted by molar-refractivity contribution is -0.134. The fraction of sp³-hybridized carbons (Fsp3) is 0.625. The van der Waals surface area contributed by atoms with Crippen LogP contribution in [0.4, 0.5) is 0 Å². The number of nitrogens with zero attached hydrogens (tertiary/aromatic N) is 1. The monoisotopic (exact) mass is 413 g/mol. The van der Waals surface area contributed by atoms with Crippen molar-refractivity contribution in [3.05, 3.63) is 35.4 Å². The second-order valence-electron chi connectivity index (χ2n) is 9.30. The Kier molecular flexibility index (Phi) is 7.16. The van der Waals surface area contributed by atoms with E-state index in [1.807, 2.05) is 36.9 Å². The van der Waals surface area contributed by atoms with Gasteiger partial charge in [-0.15, -0.1) is 0 Å². The lowest BCUT2D eigenvalue weighted by atomic mass is 9.88. The van der Waals surface area contributed by atoms with E-state index >= 15 is 0 Å². The van der Waals surface area contributed by atoms with Gasteiger partial charge < -0.3 is 15.5 Å². The van der Waals surface area contributed by atoms with Crippen molar-refractivity contribution in [2.75, 3.05) is 13.1 Å². The number of nitrogens with one attached hydrogen (secondary N) is 2. The standard InChI is InChI=1S/C24H35N3O3/c1-15(2)17(4)25-23(29)21(26-22(28)20-7-5-6-16(3)14-20)18-10-12-27(13-11-18)24(30)19-8-9-19/h5-7,14-15,17-19,21H,8-13H2,1-4H3,(H,25,29)(H,26,28)/t17-,21+/m0/s1. The van der Waals surface area contributed by atoms with Crippen LogP contribution in [0.25, 0.3) is 0 Å². The number of amides is 3. The first-order chi connectivity index (χ1) is 14.3. The molecular weight excluding hydrogens is 378 g/mol. The SMILES string of the molecule is Cc1cccc(C(=O)N[C@@H](C(=O)N[C@@H](C)C(C)C)C2CCN(C(=O)C3CC3)CC2)c1. The lowest BCUT2D eigenvalue weighted by Gasteiger charge is -2.36. The van der Waals surface area contributed by atoms with Crippen molar-refractivity contribution in [2.24, 2.45) is 17.8 Å². The minimum absolute atomic E-state index is 0.0152. The number of hydrogen-bond donors (Lipinski definition) is 2. The van der Waals surface area contributed by atoms with E-state index < -0.39 is 6.04 Å². The van der Waals surface area contributed by atoms with Crippen molar-refractivity contribution in [1.82, 2.24) is 15.5 Å². The van der Waals surface area contributed by atoms with Crippen molar-refractivity contribution >= 4 is 17.7 Å². The van der Waals surface area contributed by atoms with Crippen molar-refractivity contribution in [3.8, 4) is 0 Å². The van der Waals surface area contributed by atoms with Crippen LogP contribution in [-0.4, -0.2) is 47.8 Å². The van der Waals surface area contributed by atoms with Gasteiger partial charge in [-0.1, -0.05) is 31.5 Å². The first kappa shape index (κ1) is 22.3. The summed E-state index contributed by atoms with van der Waals surface area (Å²) in [5, 5.41) is 6.07. The summed E-state index contributed by atoms with van der Waals surface area (Å²) < 4.78 is 0. The molecule has 1 aliphatic heterocycles. The average Bonchev–Trinajstić information content (AvgIpc) is 3.56. The zero-order chi connectivity index (χ0) is 21.8. The summed E-state index contributed by atoms with van der Waals surface area (Å²) >= 11 is 0. The number of rotatable bonds is 7. The fourth-order valence-corrected chi connectivity index (χ4v) is 3.93. The Morgan fingerprint density at radius 3 is 2.23 bits per heavy atom. The normalized spacial score (nSPS) is 19.3. The van der Waals surface area contributed by atoms with Gasteiger partial charge >= 0.3 is 0 Å². The molecule has 2 N–H and O–H groups in total. The molecule has 1 aliphatic carbocycles. The minimum Gasteiger partial charge on any atom is -0.352 e. The van der Waals surface area contributed by atoms with Gasteiger partial charge in [0.25, 0.3) is 5.91 Å². The van der Waals surface area contributed by atoms with Crippen molar-refractivity contribution in [1.29, 1.82) is 0 Å². The summed E-state index contributed by atoms with van der Waals surface area (Å²) in [6.07, 6.45) is 3.45. The van der Waals surface area contributed by atoms with Gasteiger partial charge in [0.15, 0.2) is 0 Å². The van der Waals surface area contributed by atoms with Crippen LogP contribution in [0.3, 0.4) is 0 Å². The second-order valence-corrected chi connectivity index (χ2v) is 9.30. The summed E-state index contributed by atoms with van der Waals surface area (Å²) in [5.74, 6) is 0.429. The molecule has 164 valence electrons. The topological polar surface area (TPSA) is 78.5 Å². The van der Waals surface area contributed by atoms with Gasteiger partial charge in [0, 0.05) is 30.6 Å². The van der Waals surface area contributed by atoms with Gasteiger partial charge in [-0.2, -0.15) is 0 Å². The maximum absolute atomic E-state index is 13.1. The average molecular weight is 414 g/mol. The smallest absolute Gasteiger partial charge is 0.251 e. The van der Waals surface area contributed by atoms with Crippen LogP contribution < -0.4 is 10.6 Å². The van der Waals surface area contributed by atoms with Crippen molar-refractivity contribution < 1.29 is 14.4 Å². The van der Waals surface area contributed by atoms with Crippen molar-refractivity contribution in [2.45, 2.75) is 65.5 Å². The molecule has 1 aromatic carbocycles. The summed E-state index contributed by atoms with van der Waals surface area (Å²) in [7, 11) is 0. The molecule has 30 heavy (non-hydrogen) atoms. The summed E-state index contributed by atoms with van der Waals surface area (Å²) in [6.45, 7) is 9.37. The molecule has 0 unspecified atom stereocenters. The Morgan fingerprint density at radius 1 is 1.00 bits per heavy atom. The highest BCUT2D eigenvalue weighted by Crippen LogP contribution is 2.33. The molecule has 3 amide bonds. The van der Waals surface area contributed by atoms with Gasteiger partial charge in [-0.05, 0) is 63.5 Å². The summed E-state index contributed by atoms with van der Waals surface area (Å²) in [4.78, 5) is 40.3. The van der Waals surface area contributed by atoms with E-state index in [1.165, 1.54) is 0 Å². The van der Waals surface area contributed by atoms with Crippen molar-refractivity contribution in [3.63, 3.8) is 0 Å². The highest BCUT2D eigenvalue weighted by Gasteiger charge is 2.38. The van der Waals surface area contributed by atoms with Crippen LogP contribution in [0, 0.1) is 24.7 Å². The molecule has 1 saturated carbocycles. The predicted molar refractivity (Wildman–Crippen MR) is 117 cm³/mol. The van der Waals surface area contributed by atoms with Crippen LogP contribution in [0.15, 0.2) is 24.3 Å². The zero-order valence-corrected chi connectivity index (χ0v) is 18.6. The third-order valence-corrected chi connectivity index (χ3v) is 6.47. The number of carbonyl (C=O) groups excluding carboxylic acids is 3. The minimum atomic E-state index is -0.600. The van der Waals surface area contributed by atoms with E-state index in [0.29, 0.717) is 24.6 Å². The van der Waals surface area contributed by atoms with Gasteiger partial charge in [-0.25, -0.2) is 0 Å². The maximum Gasteiger partial charge on any atom is 0.251 e. The highest BCUT2D eigenvalue weighted by atomic mass is 16.2.